The Morgan fingerprint density at radius 2 is 1.89 bits per heavy atom. The first-order valence-electron chi connectivity index (χ1n) is 12.1. The van der Waals surface area contributed by atoms with Gasteiger partial charge in [-0.15, -0.1) is 0 Å². The molecule has 9 nitrogen and oxygen atoms in total. The van der Waals surface area contributed by atoms with Crippen molar-refractivity contribution in [3.63, 3.8) is 0 Å². The van der Waals surface area contributed by atoms with Crippen molar-refractivity contribution in [2.45, 2.75) is 37.4 Å². The van der Waals surface area contributed by atoms with Crippen molar-refractivity contribution in [2.24, 2.45) is 5.73 Å². The standard InChI is InChI=1S/C27H32N6O3/c1-33(25(34)15-28)21-14-24(30-17-21)27(36)32-23(12-11-18-7-3-2-4-8-18)26(35)31-20-13-19-9-5-6-10-22(19)29-16-20/h2-10,13,16,21,23-24,30H,11-12,14-15,17,28H2,1H3,(H,31,35)(H,32,36)/t21-,23-,24+/m1/s1. The van der Waals surface area contributed by atoms with E-state index in [1.54, 1.807) is 18.1 Å². The number of rotatable bonds is 9. The topological polar surface area (TPSA) is 129 Å². The summed E-state index contributed by atoms with van der Waals surface area (Å²) in [6, 6.07) is 18.0. The molecule has 0 saturated carbocycles. The van der Waals surface area contributed by atoms with Crippen molar-refractivity contribution in [1.82, 2.24) is 20.5 Å². The minimum absolute atomic E-state index is 0.0742. The van der Waals surface area contributed by atoms with Crippen LogP contribution in [0.3, 0.4) is 0 Å². The molecule has 0 aliphatic carbocycles. The number of hydrogen-bond acceptors (Lipinski definition) is 6. The van der Waals surface area contributed by atoms with E-state index in [1.165, 1.54) is 0 Å². The zero-order valence-corrected chi connectivity index (χ0v) is 20.3. The van der Waals surface area contributed by atoms with E-state index in [-0.39, 0.29) is 30.3 Å². The van der Waals surface area contributed by atoms with Crippen LogP contribution in [0.25, 0.3) is 10.9 Å². The number of carbonyl (C=O) groups is 3. The van der Waals surface area contributed by atoms with Crippen molar-refractivity contribution in [3.8, 4) is 0 Å². The first-order chi connectivity index (χ1) is 17.4. The highest BCUT2D eigenvalue weighted by Gasteiger charge is 2.34. The van der Waals surface area contributed by atoms with Gasteiger partial charge in [0.15, 0.2) is 0 Å². The van der Waals surface area contributed by atoms with E-state index in [1.807, 2.05) is 60.7 Å². The van der Waals surface area contributed by atoms with Crippen LogP contribution in [0, 0.1) is 0 Å². The number of para-hydroxylation sites is 1. The van der Waals surface area contributed by atoms with Crippen LogP contribution in [-0.4, -0.2) is 65.9 Å². The van der Waals surface area contributed by atoms with Gasteiger partial charge in [-0.05, 0) is 37.0 Å². The number of hydrogen-bond donors (Lipinski definition) is 4. The highest BCUT2D eigenvalue weighted by atomic mass is 16.2. The van der Waals surface area contributed by atoms with E-state index in [9.17, 15) is 14.4 Å². The van der Waals surface area contributed by atoms with E-state index in [4.69, 9.17) is 5.73 Å². The molecule has 1 aromatic heterocycles. The number of pyridine rings is 1. The van der Waals surface area contributed by atoms with Gasteiger partial charge >= 0.3 is 0 Å². The summed E-state index contributed by atoms with van der Waals surface area (Å²) in [6.45, 7) is 0.416. The van der Waals surface area contributed by atoms with Gasteiger partial charge in [0.05, 0.1) is 30.0 Å². The molecule has 1 aliphatic rings. The van der Waals surface area contributed by atoms with E-state index in [0.29, 0.717) is 31.5 Å². The normalized spacial score (nSPS) is 17.9. The van der Waals surface area contributed by atoms with Crippen molar-refractivity contribution < 1.29 is 14.4 Å². The number of nitrogens with zero attached hydrogens (tertiary/aromatic N) is 2. The molecule has 2 heterocycles. The van der Waals surface area contributed by atoms with Gasteiger partial charge in [-0.1, -0.05) is 48.5 Å². The van der Waals surface area contributed by atoms with Gasteiger partial charge in [0.1, 0.15) is 6.04 Å². The van der Waals surface area contributed by atoms with E-state index < -0.39 is 12.1 Å². The summed E-state index contributed by atoms with van der Waals surface area (Å²) in [6.07, 6.45) is 3.13. The SMILES string of the molecule is CN(C(=O)CN)[C@H]1CN[C@H](C(=O)N[C@H](CCc2ccccc2)C(=O)Nc2cnc3ccccc3c2)C1. The Morgan fingerprint density at radius 1 is 1.14 bits per heavy atom. The van der Waals surface area contributed by atoms with Crippen LogP contribution in [-0.2, 0) is 20.8 Å². The number of amides is 3. The molecule has 0 bridgehead atoms. The maximum atomic E-state index is 13.3. The maximum Gasteiger partial charge on any atom is 0.247 e. The lowest BCUT2D eigenvalue weighted by molar-refractivity contribution is -0.130. The number of anilines is 1. The fraction of sp³-hybridized carbons (Fsp3) is 0.333. The van der Waals surface area contributed by atoms with Gasteiger partial charge in [-0.2, -0.15) is 0 Å². The first kappa shape index (κ1) is 25.3. The second-order valence-corrected chi connectivity index (χ2v) is 9.05. The van der Waals surface area contributed by atoms with E-state index in [0.717, 1.165) is 16.5 Å². The third-order valence-electron chi connectivity index (χ3n) is 6.60. The highest BCUT2D eigenvalue weighted by Crippen LogP contribution is 2.18. The lowest BCUT2D eigenvalue weighted by Crippen LogP contribution is -2.50. The van der Waals surface area contributed by atoms with Gasteiger partial charge in [-0.3, -0.25) is 19.4 Å². The number of fused-ring (bicyclic) bond motifs is 1. The Labute approximate surface area is 210 Å². The fourth-order valence-electron chi connectivity index (χ4n) is 4.43. The van der Waals surface area contributed by atoms with Crippen LogP contribution < -0.4 is 21.7 Å². The zero-order valence-electron chi connectivity index (χ0n) is 20.3. The number of benzene rings is 2. The Hall–Kier alpha value is -3.82. The molecule has 3 atom stereocenters. The molecule has 3 amide bonds. The third-order valence-corrected chi connectivity index (χ3v) is 6.60. The number of carbonyl (C=O) groups excluding carboxylic acids is 3. The van der Waals surface area contributed by atoms with Gasteiger partial charge < -0.3 is 26.6 Å². The molecule has 1 fully saturated rings. The molecule has 0 unspecified atom stereocenters. The summed E-state index contributed by atoms with van der Waals surface area (Å²) in [5.74, 6) is -0.746. The van der Waals surface area contributed by atoms with Crippen molar-refractivity contribution in [3.05, 3.63) is 72.4 Å². The molecule has 3 aromatic rings. The van der Waals surface area contributed by atoms with Gasteiger partial charge in [0, 0.05) is 25.0 Å². The van der Waals surface area contributed by atoms with Gasteiger partial charge in [0.2, 0.25) is 17.7 Å². The van der Waals surface area contributed by atoms with Crippen LogP contribution in [0.5, 0.6) is 0 Å². The molecule has 9 heteroatoms. The molecular weight excluding hydrogens is 456 g/mol. The molecule has 2 aromatic carbocycles. The van der Waals surface area contributed by atoms with Crippen LogP contribution >= 0.6 is 0 Å². The summed E-state index contributed by atoms with van der Waals surface area (Å²) in [5, 5.41) is 9.92. The molecule has 0 radical (unpaired) electrons. The molecule has 1 saturated heterocycles. The third kappa shape index (κ3) is 6.24. The number of aryl methyl sites for hydroxylation is 1. The number of likely N-dealkylation sites (N-methyl/N-ethyl adjacent to an activating group) is 1. The maximum absolute atomic E-state index is 13.3. The molecule has 36 heavy (non-hydrogen) atoms. The number of nitrogens with two attached hydrogens (primary N) is 1. The summed E-state index contributed by atoms with van der Waals surface area (Å²) in [7, 11) is 1.69. The molecule has 5 N–H and O–H groups in total. The smallest absolute Gasteiger partial charge is 0.247 e. The molecule has 0 spiro atoms. The predicted octanol–water partition coefficient (Wildman–Crippen LogP) is 1.44. The monoisotopic (exact) mass is 488 g/mol. The lowest BCUT2D eigenvalue weighted by atomic mass is 10.0. The number of nitrogens with one attached hydrogen (secondary N) is 3. The van der Waals surface area contributed by atoms with Crippen LogP contribution in [0.15, 0.2) is 66.9 Å². The summed E-state index contributed by atoms with van der Waals surface area (Å²) in [5.41, 5.74) is 7.96. The van der Waals surface area contributed by atoms with Crippen LogP contribution in [0.2, 0.25) is 0 Å². The average molecular weight is 489 g/mol. The second-order valence-electron chi connectivity index (χ2n) is 9.05. The van der Waals surface area contributed by atoms with E-state index >= 15 is 0 Å². The molecule has 188 valence electrons. The quantitative estimate of drug-likeness (QED) is 0.361. The summed E-state index contributed by atoms with van der Waals surface area (Å²) >= 11 is 0. The summed E-state index contributed by atoms with van der Waals surface area (Å²) < 4.78 is 0. The lowest BCUT2D eigenvalue weighted by Gasteiger charge is -2.23. The molecular formula is C27H32N6O3. The minimum atomic E-state index is -0.742. The summed E-state index contributed by atoms with van der Waals surface area (Å²) in [4.78, 5) is 44.3. The Bertz CT molecular complexity index is 1220. The van der Waals surface area contributed by atoms with Crippen molar-refractivity contribution in [1.29, 1.82) is 0 Å². The van der Waals surface area contributed by atoms with Gasteiger partial charge in [0.25, 0.3) is 0 Å². The highest BCUT2D eigenvalue weighted by molar-refractivity contribution is 5.99. The average Bonchev–Trinajstić information content (AvgIpc) is 3.41. The minimum Gasteiger partial charge on any atom is -0.343 e. The Balaban J connectivity index is 1.44. The second kappa shape index (κ2) is 11.7. The molecule has 4 rings (SSSR count). The predicted molar refractivity (Wildman–Crippen MR) is 139 cm³/mol. The van der Waals surface area contributed by atoms with Gasteiger partial charge in [-0.25, -0.2) is 0 Å². The fourth-order valence-corrected chi connectivity index (χ4v) is 4.43. The van der Waals surface area contributed by atoms with Crippen LogP contribution in [0.1, 0.15) is 18.4 Å². The van der Waals surface area contributed by atoms with Crippen LogP contribution in [0.4, 0.5) is 5.69 Å². The Morgan fingerprint density at radius 3 is 2.67 bits per heavy atom. The largest absolute Gasteiger partial charge is 0.343 e. The first-order valence-corrected chi connectivity index (χ1v) is 12.1. The molecule has 1 aliphatic heterocycles. The number of aromatic nitrogens is 1. The van der Waals surface area contributed by atoms with Crippen molar-refractivity contribution >= 4 is 34.3 Å². The van der Waals surface area contributed by atoms with Crippen molar-refractivity contribution in [2.75, 3.05) is 25.5 Å². The van der Waals surface area contributed by atoms with E-state index in [2.05, 4.69) is 20.9 Å². The Kier molecular flexibility index (Phi) is 8.24. The zero-order chi connectivity index (χ0) is 25.5.